The van der Waals surface area contributed by atoms with E-state index >= 15 is 0 Å². The normalized spacial score (nSPS) is 16.1. The summed E-state index contributed by atoms with van der Waals surface area (Å²) < 4.78 is 41.2. The van der Waals surface area contributed by atoms with Crippen LogP contribution in [-0.2, 0) is 17.8 Å². The summed E-state index contributed by atoms with van der Waals surface area (Å²) >= 11 is 0. The second-order valence-electron chi connectivity index (χ2n) is 7.23. The van der Waals surface area contributed by atoms with Gasteiger partial charge < -0.3 is 10.2 Å². The van der Waals surface area contributed by atoms with Gasteiger partial charge in [0.25, 0.3) is 0 Å². The molecule has 1 fully saturated rings. The molecule has 0 spiro atoms. The number of alkyl halides is 1. The van der Waals surface area contributed by atoms with Gasteiger partial charge in [0.05, 0.1) is 19.5 Å². The van der Waals surface area contributed by atoms with Gasteiger partial charge in [0.2, 0.25) is 5.91 Å². The number of halogens is 3. The predicted octanol–water partition coefficient (Wildman–Crippen LogP) is 3.33. The molecule has 1 atom stereocenters. The van der Waals surface area contributed by atoms with Crippen molar-refractivity contribution in [2.75, 3.05) is 23.3 Å². The number of benzene rings is 1. The van der Waals surface area contributed by atoms with E-state index in [-0.39, 0.29) is 18.9 Å². The van der Waals surface area contributed by atoms with Gasteiger partial charge >= 0.3 is 0 Å². The summed E-state index contributed by atoms with van der Waals surface area (Å²) in [5, 5.41) is 6.92. The summed E-state index contributed by atoms with van der Waals surface area (Å²) in [6, 6.07) is 8.87. The van der Waals surface area contributed by atoms with Crippen LogP contribution in [0.1, 0.15) is 17.5 Å². The molecule has 1 aliphatic rings. The van der Waals surface area contributed by atoms with Gasteiger partial charge in [-0.2, -0.15) is 5.10 Å². The van der Waals surface area contributed by atoms with Crippen LogP contribution < -0.4 is 10.2 Å². The Morgan fingerprint density at radius 2 is 1.97 bits per heavy atom. The number of hydrogen-bond donors (Lipinski definition) is 1. The van der Waals surface area contributed by atoms with E-state index < -0.39 is 17.8 Å². The third kappa shape index (κ3) is 4.79. The maximum Gasteiger partial charge on any atom is 0.230 e. The maximum atomic E-state index is 13.3. The molecule has 1 N–H and O–H groups in total. The van der Waals surface area contributed by atoms with E-state index in [1.807, 2.05) is 4.90 Å². The van der Waals surface area contributed by atoms with Gasteiger partial charge in [-0.15, -0.1) is 0 Å². The Kier molecular flexibility index (Phi) is 5.69. The van der Waals surface area contributed by atoms with Crippen LogP contribution in [-0.4, -0.2) is 39.9 Å². The Labute approximate surface area is 171 Å². The van der Waals surface area contributed by atoms with E-state index in [1.165, 1.54) is 10.7 Å². The van der Waals surface area contributed by atoms with E-state index in [1.54, 1.807) is 30.6 Å². The molecule has 3 heterocycles. The number of pyridine rings is 1. The van der Waals surface area contributed by atoms with E-state index in [0.717, 1.165) is 17.7 Å². The molecule has 30 heavy (non-hydrogen) atoms. The smallest absolute Gasteiger partial charge is 0.230 e. The highest BCUT2D eigenvalue weighted by atomic mass is 19.2. The molecular formula is C21H20F3N5O. The average molecular weight is 415 g/mol. The Balaban J connectivity index is 1.31. The lowest BCUT2D eigenvalue weighted by atomic mass is 10.2. The third-order valence-corrected chi connectivity index (χ3v) is 4.87. The number of anilines is 2. The molecule has 0 bridgehead atoms. The number of carbonyl (C=O) groups excluding carboxylic acids is 1. The fraction of sp³-hybridized carbons (Fsp3) is 0.286. The second-order valence-corrected chi connectivity index (χ2v) is 7.23. The molecule has 1 aliphatic heterocycles. The number of carbonyl (C=O) groups is 1. The van der Waals surface area contributed by atoms with E-state index in [4.69, 9.17) is 0 Å². The fourth-order valence-electron chi connectivity index (χ4n) is 3.35. The van der Waals surface area contributed by atoms with E-state index in [2.05, 4.69) is 15.4 Å². The number of nitrogens with one attached hydrogen (secondary N) is 1. The number of rotatable bonds is 6. The lowest BCUT2D eigenvalue weighted by molar-refractivity contribution is -0.115. The zero-order valence-electron chi connectivity index (χ0n) is 16.1. The van der Waals surface area contributed by atoms with Crippen LogP contribution in [0, 0.1) is 11.6 Å². The lowest BCUT2D eigenvalue weighted by Crippen LogP contribution is -2.21. The Morgan fingerprint density at radius 3 is 2.67 bits per heavy atom. The van der Waals surface area contributed by atoms with Crippen molar-refractivity contribution in [3.8, 4) is 0 Å². The van der Waals surface area contributed by atoms with Crippen molar-refractivity contribution >= 4 is 17.5 Å². The average Bonchev–Trinajstić information content (AvgIpc) is 3.34. The van der Waals surface area contributed by atoms with Gasteiger partial charge in [-0.25, -0.2) is 18.2 Å². The highest BCUT2D eigenvalue weighted by Gasteiger charge is 2.22. The first-order valence-electron chi connectivity index (χ1n) is 9.57. The number of hydrogen-bond acceptors (Lipinski definition) is 4. The SMILES string of the molecule is O=C(Cc1ccc(N2CCC(F)C2)nc1)Nc1ccn(Cc2ccc(F)c(F)c2)n1. The molecule has 9 heteroatoms. The molecule has 1 saturated heterocycles. The molecule has 1 unspecified atom stereocenters. The minimum Gasteiger partial charge on any atom is -0.354 e. The standard InChI is InChI=1S/C21H20F3N5O/c22-16-5-7-28(13-16)20-4-2-14(11-25-20)10-21(30)26-19-6-8-29(27-19)12-15-1-3-17(23)18(24)9-15/h1-4,6,8-9,11,16H,5,7,10,12-13H2,(H,26,27,30). The van der Waals surface area contributed by atoms with Crippen LogP contribution in [0.3, 0.4) is 0 Å². The van der Waals surface area contributed by atoms with Crippen molar-refractivity contribution in [2.45, 2.75) is 25.6 Å². The molecule has 156 valence electrons. The minimum absolute atomic E-state index is 0.120. The van der Waals surface area contributed by atoms with Gasteiger partial charge in [-0.1, -0.05) is 12.1 Å². The first kappa shape index (κ1) is 19.9. The Bertz CT molecular complexity index is 1040. The van der Waals surface area contributed by atoms with Gasteiger partial charge in [0.15, 0.2) is 17.5 Å². The largest absolute Gasteiger partial charge is 0.354 e. The molecule has 2 aromatic heterocycles. The first-order valence-corrected chi connectivity index (χ1v) is 9.57. The van der Waals surface area contributed by atoms with Gasteiger partial charge in [0, 0.05) is 25.0 Å². The van der Waals surface area contributed by atoms with Crippen LogP contribution in [0.2, 0.25) is 0 Å². The van der Waals surface area contributed by atoms with Crippen molar-refractivity contribution in [1.29, 1.82) is 0 Å². The summed E-state index contributed by atoms with van der Waals surface area (Å²) in [5.41, 5.74) is 1.28. The molecular weight excluding hydrogens is 395 g/mol. The van der Waals surface area contributed by atoms with E-state index in [9.17, 15) is 18.0 Å². The molecule has 0 saturated carbocycles. The van der Waals surface area contributed by atoms with Gasteiger partial charge in [-0.3, -0.25) is 9.48 Å². The maximum absolute atomic E-state index is 13.3. The monoisotopic (exact) mass is 415 g/mol. The Hall–Kier alpha value is -3.36. The second kappa shape index (κ2) is 8.56. The zero-order valence-corrected chi connectivity index (χ0v) is 16.1. The molecule has 6 nitrogen and oxygen atoms in total. The van der Waals surface area contributed by atoms with Crippen molar-refractivity contribution in [2.24, 2.45) is 0 Å². The van der Waals surface area contributed by atoms with Crippen LogP contribution in [0.15, 0.2) is 48.8 Å². The minimum atomic E-state index is -0.915. The summed E-state index contributed by atoms with van der Waals surface area (Å²) in [7, 11) is 0. The summed E-state index contributed by atoms with van der Waals surface area (Å²) in [6.07, 6.45) is 3.06. The van der Waals surface area contributed by atoms with E-state index in [0.29, 0.717) is 36.7 Å². The highest BCUT2D eigenvalue weighted by Crippen LogP contribution is 2.20. The fourth-order valence-corrected chi connectivity index (χ4v) is 3.35. The van der Waals surface area contributed by atoms with Crippen molar-refractivity contribution in [1.82, 2.24) is 14.8 Å². The van der Waals surface area contributed by atoms with Crippen LogP contribution in [0.4, 0.5) is 24.8 Å². The number of amides is 1. The summed E-state index contributed by atoms with van der Waals surface area (Å²) in [5.74, 6) is -1.01. The molecule has 4 rings (SSSR count). The van der Waals surface area contributed by atoms with Crippen molar-refractivity contribution < 1.29 is 18.0 Å². The van der Waals surface area contributed by atoms with Crippen LogP contribution in [0.25, 0.3) is 0 Å². The van der Waals surface area contributed by atoms with Gasteiger partial charge in [-0.05, 0) is 35.7 Å². The summed E-state index contributed by atoms with van der Waals surface area (Å²) in [6.45, 7) is 1.23. The molecule has 0 radical (unpaired) electrons. The molecule has 0 aliphatic carbocycles. The number of aromatic nitrogens is 3. The summed E-state index contributed by atoms with van der Waals surface area (Å²) in [4.78, 5) is 18.5. The van der Waals surface area contributed by atoms with Gasteiger partial charge in [0.1, 0.15) is 12.0 Å². The topological polar surface area (TPSA) is 63.1 Å². The van der Waals surface area contributed by atoms with Crippen molar-refractivity contribution in [3.63, 3.8) is 0 Å². The van der Waals surface area contributed by atoms with Crippen LogP contribution in [0.5, 0.6) is 0 Å². The Morgan fingerprint density at radius 1 is 1.13 bits per heavy atom. The quantitative estimate of drug-likeness (QED) is 0.671. The molecule has 1 amide bonds. The number of nitrogens with zero attached hydrogens (tertiary/aromatic N) is 4. The molecule has 1 aromatic carbocycles. The third-order valence-electron chi connectivity index (χ3n) is 4.87. The van der Waals surface area contributed by atoms with Crippen LogP contribution >= 0.6 is 0 Å². The zero-order chi connectivity index (χ0) is 21.1. The molecule has 3 aromatic rings. The predicted molar refractivity (Wildman–Crippen MR) is 106 cm³/mol. The first-order chi connectivity index (χ1) is 14.5. The highest BCUT2D eigenvalue weighted by molar-refractivity contribution is 5.91. The lowest BCUT2D eigenvalue weighted by Gasteiger charge is -2.16. The van der Waals surface area contributed by atoms with Crippen molar-refractivity contribution in [3.05, 3.63) is 71.6 Å².